The van der Waals surface area contributed by atoms with E-state index in [2.05, 4.69) is 62.1 Å². The lowest BCUT2D eigenvalue weighted by Gasteiger charge is -2.31. The molecule has 0 aliphatic heterocycles. The molecule has 6 atom stereocenters. The fourth-order valence-electron chi connectivity index (χ4n) is 12.0. The van der Waals surface area contributed by atoms with Gasteiger partial charge < -0.3 is 75.1 Å². The first kappa shape index (κ1) is 67.7. The third-order valence-electron chi connectivity index (χ3n) is 18.8. The SMILES string of the molecule is CNc1cc(Nc2cccn(CCOC3CC3)c2=O)nc2c(C(=O)CC3CC[C@H]3O)cnn12.CNc1cc(Nc2cccn(CCOC3CC3)c2=O)nc2c(C(=O)C[C@@H]3[CH+]C[C@H]3O)cnn12.CNc1cc(Nc2cccn(CCOC3CC3)c2=O)nc2c(C(=O)C[C@H]3CC[C@@H]3O)cnn12. The van der Waals surface area contributed by atoms with Gasteiger partial charge in [0.15, 0.2) is 34.3 Å². The zero-order valence-corrected chi connectivity index (χ0v) is 55.5. The molecule has 30 nitrogen and oxygen atoms in total. The van der Waals surface area contributed by atoms with E-state index >= 15 is 0 Å². The molecule has 0 spiro atoms. The first-order chi connectivity index (χ1) is 48.1. The highest BCUT2D eigenvalue weighted by Gasteiger charge is 2.41. The van der Waals surface area contributed by atoms with E-state index < -0.39 is 18.3 Å². The number of aliphatic hydroxyl groups excluding tert-OH is 3. The summed E-state index contributed by atoms with van der Waals surface area (Å²) in [5.41, 5.74) is 2.99. The zero-order chi connectivity index (χ0) is 68.8. The zero-order valence-electron chi connectivity index (χ0n) is 55.5. The van der Waals surface area contributed by atoms with Crippen LogP contribution in [0.5, 0.6) is 0 Å². The molecule has 0 saturated heterocycles. The number of fused-ring (bicyclic) bond motifs is 3. The van der Waals surface area contributed by atoms with E-state index in [1.54, 1.807) is 122 Å². The van der Waals surface area contributed by atoms with Crippen LogP contribution in [0.3, 0.4) is 0 Å². The topological polar surface area (TPSA) is 368 Å². The van der Waals surface area contributed by atoms with E-state index in [0.29, 0.717) is 150 Å². The standard InChI is InChI=1S/2C23H28N6O4.C23H26N6O4/c3*1-24-21-12-20(26-17-3-2-8-28(23(17)32)9-10-33-15-5-6-15)27-22-16(13-25-29(21)22)19(31)11-14-4-7-18(14)30/h2*2-3,8,12-15,18,24,30H,4-7,9-11H2,1H3,(H,26,27);2-4,8,12-15,18,30H,5-7,9-11H2,1H3,(H-,24,25,26,27,31)/p+1/t14?,18-;2*14-,18+/m110/s1. The monoisotopic (exact) mass is 1360 g/mol. The molecule has 0 radical (unpaired) electrons. The lowest BCUT2D eigenvalue weighted by atomic mass is 9.78. The van der Waals surface area contributed by atoms with Crippen LogP contribution in [0.25, 0.3) is 16.9 Å². The Bertz CT molecular complexity index is 4150. The molecule has 0 bridgehead atoms. The first-order valence-corrected chi connectivity index (χ1v) is 34.0. The fourth-order valence-corrected chi connectivity index (χ4v) is 12.0. The van der Waals surface area contributed by atoms with Crippen molar-refractivity contribution in [1.82, 2.24) is 57.5 Å². The minimum Gasteiger partial charge on any atom is -0.393 e. The molecule has 15 rings (SSSR count). The Morgan fingerprint density at radius 1 is 0.475 bits per heavy atom. The molecule has 1 unspecified atom stereocenters. The van der Waals surface area contributed by atoms with Crippen LogP contribution in [0, 0.1) is 24.2 Å². The number of nitrogens with one attached hydrogen (secondary N) is 6. The van der Waals surface area contributed by atoms with E-state index in [9.17, 15) is 44.1 Å². The molecular weight excluding hydrogens is 1270 g/mol. The summed E-state index contributed by atoms with van der Waals surface area (Å²) in [4.78, 5) is 91.1. The Morgan fingerprint density at radius 3 is 1.07 bits per heavy atom. The average molecular weight is 1360 g/mol. The smallest absolute Gasteiger partial charge is 0.274 e. The number of hydrogen-bond acceptors (Lipinski definition) is 24. The van der Waals surface area contributed by atoms with Gasteiger partial charge in [0.1, 0.15) is 70.4 Å². The van der Waals surface area contributed by atoms with Crippen LogP contribution in [0.2, 0.25) is 0 Å². The Kier molecular flexibility index (Phi) is 20.6. The van der Waals surface area contributed by atoms with Gasteiger partial charge in [-0.15, -0.1) is 0 Å². The number of Topliss-reactive ketones (excluding diaryl/α,β-unsaturated/α-hetero) is 3. The minimum absolute atomic E-state index is 0.00999. The van der Waals surface area contributed by atoms with Crippen LogP contribution < -0.4 is 48.6 Å². The summed E-state index contributed by atoms with van der Waals surface area (Å²) in [6.07, 6.45) is 22.5. The molecule has 6 aliphatic rings. The van der Waals surface area contributed by atoms with Crippen molar-refractivity contribution in [1.29, 1.82) is 0 Å². The summed E-state index contributed by atoms with van der Waals surface area (Å²) in [6.45, 7) is 2.93. The maximum absolute atomic E-state index is 12.9. The van der Waals surface area contributed by atoms with Crippen LogP contribution >= 0.6 is 0 Å². The maximum Gasteiger partial charge on any atom is 0.274 e. The molecule has 6 fully saturated rings. The minimum atomic E-state index is -0.469. The normalized spacial score (nSPS) is 19.9. The number of rotatable bonds is 30. The van der Waals surface area contributed by atoms with Crippen LogP contribution in [0.1, 0.15) is 121 Å². The van der Waals surface area contributed by atoms with Crippen molar-refractivity contribution in [2.45, 2.75) is 146 Å². The highest BCUT2D eigenvalue weighted by atomic mass is 16.5. The van der Waals surface area contributed by atoms with Crippen molar-refractivity contribution in [3.63, 3.8) is 0 Å². The molecule has 6 saturated carbocycles. The number of pyridine rings is 3. The van der Waals surface area contributed by atoms with E-state index in [0.717, 1.165) is 64.2 Å². The average Bonchev–Trinajstić information content (AvgIpc) is 1.68. The van der Waals surface area contributed by atoms with Crippen LogP contribution in [-0.2, 0) is 33.8 Å². The van der Waals surface area contributed by atoms with Gasteiger partial charge in [-0.2, -0.15) is 28.8 Å². The van der Waals surface area contributed by atoms with Gasteiger partial charge in [0.25, 0.3) is 16.7 Å². The fraction of sp³-hybridized carbons (Fsp3) is 0.464. The number of carbonyl (C=O) groups is 3. The Morgan fingerprint density at radius 2 is 0.808 bits per heavy atom. The van der Waals surface area contributed by atoms with E-state index in [-0.39, 0.29) is 71.0 Å². The highest BCUT2D eigenvalue weighted by molar-refractivity contribution is 6.03. The number of nitrogens with zero attached hydrogens (tertiary/aromatic N) is 12. The highest BCUT2D eigenvalue weighted by Crippen LogP contribution is 2.35. The van der Waals surface area contributed by atoms with Crippen molar-refractivity contribution in [2.75, 3.05) is 72.9 Å². The van der Waals surface area contributed by atoms with Gasteiger partial charge in [-0.1, -0.05) is 0 Å². The van der Waals surface area contributed by atoms with E-state index in [1.165, 1.54) is 18.6 Å². The third kappa shape index (κ3) is 15.9. The van der Waals surface area contributed by atoms with Gasteiger partial charge >= 0.3 is 0 Å². The number of ketones is 3. The van der Waals surface area contributed by atoms with Crippen molar-refractivity contribution in [2.24, 2.45) is 17.8 Å². The molecule has 30 heteroatoms. The number of aliphatic hydroxyl groups is 3. The first-order valence-electron chi connectivity index (χ1n) is 34.0. The summed E-state index contributed by atoms with van der Waals surface area (Å²) < 4.78 is 26.5. The second-order valence-corrected chi connectivity index (χ2v) is 26.0. The van der Waals surface area contributed by atoms with Crippen LogP contribution in [-0.4, -0.2) is 168 Å². The number of carbonyl (C=O) groups excluding carboxylic acids is 3. The van der Waals surface area contributed by atoms with Crippen LogP contribution in [0.4, 0.5) is 52.0 Å². The summed E-state index contributed by atoms with van der Waals surface area (Å²) >= 11 is 0. The largest absolute Gasteiger partial charge is 0.393 e. The molecule has 9 heterocycles. The number of anilines is 9. The predicted octanol–water partition coefficient (Wildman–Crippen LogP) is 6.41. The molecule has 9 N–H and O–H groups in total. The van der Waals surface area contributed by atoms with Crippen molar-refractivity contribution >= 4 is 86.3 Å². The number of hydrogen-bond donors (Lipinski definition) is 9. The van der Waals surface area contributed by atoms with E-state index in [4.69, 9.17) is 14.2 Å². The molecule has 99 heavy (non-hydrogen) atoms. The van der Waals surface area contributed by atoms with E-state index in [1.807, 2.05) is 6.42 Å². The number of ether oxygens (including phenoxy) is 3. The predicted molar refractivity (Wildman–Crippen MR) is 369 cm³/mol. The molecular formula is C69H83N18O12+. The lowest BCUT2D eigenvalue weighted by molar-refractivity contribution is 0.0199. The van der Waals surface area contributed by atoms with Crippen LogP contribution in [0.15, 0.2) is 106 Å². The van der Waals surface area contributed by atoms with Gasteiger partial charge in [-0.3, -0.25) is 28.8 Å². The van der Waals surface area contributed by atoms with Gasteiger partial charge in [0.05, 0.1) is 98.5 Å². The summed E-state index contributed by atoms with van der Waals surface area (Å²) in [5, 5.41) is 60.9. The maximum atomic E-state index is 12.9. The molecule has 9 aromatic rings. The Balaban J connectivity index is 0.000000133. The third-order valence-corrected chi connectivity index (χ3v) is 18.8. The van der Waals surface area contributed by atoms with Gasteiger partial charge in [-0.25, -0.2) is 15.0 Å². The summed E-state index contributed by atoms with van der Waals surface area (Å²) in [6, 6.07) is 15.7. The number of aromatic nitrogens is 12. The summed E-state index contributed by atoms with van der Waals surface area (Å²) in [5.74, 6) is 2.65. The molecule has 520 valence electrons. The Hall–Kier alpha value is -9.85. The second-order valence-electron chi connectivity index (χ2n) is 26.0. The molecule has 0 aromatic carbocycles. The van der Waals surface area contributed by atoms with Crippen molar-refractivity contribution < 1.29 is 43.9 Å². The van der Waals surface area contributed by atoms with Gasteiger partial charge in [0.2, 0.25) is 0 Å². The van der Waals surface area contributed by atoms with Gasteiger partial charge in [-0.05, 0) is 112 Å². The Labute approximate surface area is 568 Å². The lowest BCUT2D eigenvalue weighted by Crippen LogP contribution is -2.33. The quantitative estimate of drug-likeness (QED) is 0.0173. The molecule has 6 aliphatic carbocycles. The second kappa shape index (κ2) is 30.1. The van der Waals surface area contributed by atoms with Crippen molar-refractivity contribution in [3.05, 3.63) is 146 Å². The summed E-state index contributed by atoms with van der Waals surface area (Å²) in [7, 11) is 5.25. The molecule has 9 aromatic heterocycles. The van der Waals surface area contributed by atoms with Crippen molar-refractivity contribution in [3.8, 4) is 0 Å². The van der Waals surface area contributed by atoms with Gasteiger partial charge in [0, 0.05) is 90.4 Å². The molecule has 0 amide bonds.